The van der Waals surface area contributed by atoms with Crippen molar-refractivity contribution < 1.29 is 24.3 Å². The molecule has 0 radical (unpaired) electrons. The Morgan fingerprint density at radius 3 is 1.94 bits per heavy atom. The van der Waals surface area contributed by atoms with E-state index in [0.29, 0.717) is 30.5 Å². The maximum absolute atomic E-state index is 14.3. The largest absolute Gasteiger partial charge is 0.386 e. The number of benzene rings is 2. The molecule has 2 aliphatic rings. The van der Waals surface area contributed by atoms with Gasteiger partial charge >= 0.3 is 0 Å². The summed E-state index contributed by atoms with van der Waals surface area (Å²) >= 11 is 0. The van der Waals surface area contributed by atoms with Crippen molar-refractivity contribution in [2.75, 3.05) is 20.1 Å². The number of hydrogen-bond acceptors (Lipinski definition) is 6. The Morgan fingerprint density at radius 2 is 1.38 bits per heavy atom. The number of amides is 4. The molecule has 4 amide bonds. The summed E-state index contributed by atoms with van der Waals surface area (Å²) in [4.78, 5) is 61.5. The summed E-state index contributed by atoms with van der Waals surface area (Å²) in [6.07, 6.45) is 4.80. The molecule has 0 bridgehead atoms. The van der Waals surface area contributed by atoms with E-state index in [0.717, 1.165) is 31.4 Å². The third kappa shape index (κ3) is 10.4. The summed E-state index contributed by atoms with van der Waals surface area (Å²) in [5.74, 6) is -0.956. The Labute approximate surface area is 317 Å². The second-order valence-electron chi connectivity index (χ2n) is 16.6. The van der Waals surface area contributed by atoms with E-state index in [1.165, 1.54) is 0 Å². The Morgan fingerprint density at radius 1 is 0.811 bits per heavy atom. The van der Waals surface area contributed by atoms with Crippen molar-refractivity contribution in [1.82, 2.24) is 25.3 Å². The highest BCUT2D eigenvalue weighted by Crippen LogP contribution is 2.31. The maximum atomic E-state index is 14.3. The van der Waals surface area contributed by atoms with Crippen LogP contribution in [0.25, 0.3) is 0 Å². The number of likely N-dealkylation sites (tertiary alicyclic amines) is 2. The van der Waals surface area contributed by atoms with Gasteiger partial charge in [0.15, 0.2) is 0 Å². The van der Waals surface area contributed by atoms with E-state index in [1.807, 2.05) is 101 Å². The van der Waals surface area contributed by atoms with Crippen molar-refractivity contribution in [3.8, 4) is 0 Å². The van der Waals surface area contributed by atoms with E-state index >= 15 is 0 Å². The van der Waals surface area contributed by atoms with Gasteiger partial charge in [-0.2, -0.15) is 0 Å². The topological polar surface area (TPSA) is 122 Å². The predicted molar refractivity (Wildman–Crippen MR) is 209 cm³/mol. The number of aliphatic hydroxyl groups is 1. The van der Waals surface area contributed by atoms with Crippen LogP contribution in [0.4, 0.5) is 0 Å². The third-order valence-electron chi connectivity index (χ3n) is 10.9. The number of carbonyl (C=O) groups excluding carboxylic acids is 4. The SMILES string of the molecule is C/C(=C\[C@H](C(C)C)N(C)C(=O)[C@@H](NC(=O)[C@H]1CCCCN1C(C)C)C(C)(C)C)C(=O)N1CCC[C@H]1C(=O)N[C@@H](c1ccccc1)[C@@H](O)c1ccccc1. The zero-order valence-electron chi connectivity index (χ0n) is 33.3. The standard InChI is InChI=1S/C43H63N5O5/c1-28(2)35(46(9)42(53)38(43(6,7)8)45-40(51)33-23-16-17-25-47(33)29(3)4)27-30(5)41(52)48-26-18-24-34(48)39(50)44-36(31-19-12-10-13-20-31)37(49)32-21-14-11-15-22-32/h10-15,19-22,27-29,33-38,49H,16-18,23-26H2,1-9H3,(H,44,50)(H,45,51)/b30-27+/t33-,34+,35-,36+,37+,38-/m1/s1. The highest BCUT2D eigenvalue weighted by molar-refractivity contribution is 5.97. The van der Waals surface area contributed by atoms with Crippen LogP contribution < -0.4 is 10.6 Å². The van der Waals surface area contributed by atoms with Crippen LogP contribution in [0, 0.1) is 11.3 Å². The Bertz CT molecular complexity index is 1570. The summed E-state index contributed by atoms with van der Waals surface area (Å²) in [7, 11) is 1.74. The van der Waals surface area contributed by atoms with Gasteiger partial charge in [0.2, 0.25) is 23.6 Å². The fraction of sp³-hybridized carbons (Fsp3) is 0.581. The van der Waals surface area contributed by atoms with Crippen molar-refractivity contribution in [1.29, 1.82) is 0 Å². The first kappa shape index (κ1) is 41.7. The molecule has 0 aromatic heterocycles. The summed E-state index contributed by atoms with van der Waals surface area (Å²) in [5, 5.41) is 17.6. The van der Waals surface area contributed by atoms with Gasteiger partial charge < -0.3 is 25.5 Å². The van der Waals surface area contributed by atoms with Crippen LogP contribution >= 0.6 is 0 Å². The number of likely N-dealkylation sites (N-methyl/N-ethyl adjacent to an activating group) is 1. The Hall–Kier alpha value is -4.02. The molecule has 10 heteroatoms. The normalized spacial score (nSPS) is 20.8. The van der Waals surface area contributed by atoms with Gasteiger partial charge in [-0.15, -0.1) is 0 Å². The van der Waals surface area contributed by atoms with E-state index in [9.17, 15) is 24.3 Å². The first-order valence-corrected chi connectivity index (χ1v) is 19.4. The van der Waals surface area contributed by atoms with E-state index in [4.69, 9.17) is 0 Å². The lowest BCUT2D eigenvalue weighted by Crippen LogP contribution is -2.60. The fourth-order valence-electron chi connectivity index (χ4n) is 7.78. The summed E-state index contributed by atoms with van der Waals surface area (Å²) in [6, 6.07) is 15.9. The second-order valence-corrected chi connectivity index (χ2v) is 16.6. The van der Waals surface area contributed by atoms with Crippen molar-refractivity contribution in [3.05, 3.63) is 83.4 Å². The molecule has 0 saturated carbocycles. The minimum atomic E-state index is -0.992. The summed E-state index contributed by atoms with van der Waals surface area (Å²) < 4.78 is 0. The quantitative estimate of drug-likeness (QED) is 0.225. The molecule has 0 aliphatic carbocycles. The molecule has 0 unspecified atom stereocenters. The van der Waals surface area contributed by atoms with Gasteiger partial charge in [-0.3, -0.25) is 24.1 Å². The highest BCUT2D eigenvalue weighted by Gasteiger charge is 2.41. The van der Waals surface area contributed by atoms with E-state index < -0.39 is 35.7 Å². The van der Waals surface area contributed by atoms with E-state index in [-0.39, 0.29) is 41.6 Å². The molecule has 2 heterocycles. The van der Waals surface area contributed by atoms with Gasteiger partial charge in [-0.05, 0) is 75.5 Å². The average molecular weight is 730 g/mol. The number of hydrogen-bond donors (Lipinski definition) is 3. The number of carbonyl (C=O) groups is 4. The number of nitrogens with one attached hydrogen (secondary N) is 2. The summed E-state index contributed by atoms with van der Waals surface area (Å²) in [5.41, 5.74) is 1.32. The lowest BCUT2D eigenvalue weighted by Gasteiger charge is -2.41. The van der Waals surface area contributed by atoms with E-state index in [1.54, 1.807) is 23.8 Å². The van der Waals surface area contributed by atoms with Gasteiger partial charge in [0, 0.05) is 25.2 Å². The lowest BCUT2D eigenvalue weighted by atomic mass is 9.84. The van der Waals surface area contributed by atoms with Crippen LogP contribution in [-0.4, -0.2) is 93.8 Å². The molecule has 53 heavy (non-hydrogen) atoms. The summed E-state index contributed by atoms with van der Waals surface area (Å²) in [6.45, 7) is 17.1. The lowest BCUT2D eigenvalue weighted by molar-refractivity contribution is -0.142. The third-order valence-corrected chi connectivity index (χ3v) is 10.9. The molecule has 2 saturated heterocycles. The molecule has 6 atom stereocenters. The molecule has 290 valence electrons. The van der Waals surface area contributed by atoms with Crippen LogP contribution in [0.2, 0.25) is 0 Å². The number of piperidine rings is 1. The number of nitrogens with zero attached hydrogens (tertiary/aromatic N) is 3. The first-order valence-electron chi connectivity index (χ1n) is 19.4. The monoisotopic (exact) mass is 729 g/mol. The fourth-order valence-corrected chi connectivity index (χ4v) is 7.78. The van der Waals surface area contributed by atoms with Gasteiger partial charge in [0.25, 0.3) is 0 Å². The molecule has 2 aliphatic heterocycles. The van der Waals surface area contributed by atoms with Gasteiger partial charge in [-0.25, -0.2) is 0 Å². The van der Waals surface area contributed by atoms with Crippen LogP contribution in [0.5, 0.6) is 0 Å². The average Bonchev–Trinajstić information content (AvgIpc) is 3.64. The number of aliphatic hydroxyl groups excluding tert-OH is 1. The van der Waals surface area contributed by atoms with Crippen molar-refractivity contribution in [2.24, 2.45) is 11.3 Å². The minimum absolute atomic E-state index is 0.0402. The zero-order valence-corrected chi connectivity index (χ0v) is 33.3. The van der Waals surface area contributed by atoms with Crippen molar-refractivity contribution >= 4 is 23.6 Å². The smallest absolute Gasteiger partial charge is 0.249 e. The van der Waals surface area contributed by atoms with Gasteiger partial charge in [0.05, 0.1) is 18.1 Å². The molecular formula is C43H63N5O5. The van der Waals surface area contributed by atoms with E-state index in [2.05, 4.69) is 29.4 Å². The van der Waals surface area contributed by atoms with Crippen LogP contribution in [0.3, 0.4) is 0 Å². The Kier molecular flexibility index (Phi) is 14.4. The van der Waals surface area contributed by atoms with Gasteiger partial charge in [-0.1, -0.05) is 108 Å². The van der Waals surface area contributed by atoms with Crippen LogP contribution in [0.15, 0.2) is 72.3 Å². The maximum Gasteiger partial charge on any atom is 0.249 e. The van der Waals surface area contributed by atoms with Crippen molar-refractivity contribution in [3.63, 3.8) is 0 Å². The molecule has 2 aromatic carbocycles. The van der Waals surface area contributed by atoms with Crippen LogP contribution in [0.1, 0.15) is 111 Å². The Balaban J connectivity index is 1.52. The second kappa shape index (κ2) is 18.3. The molecule has 10 nitrogen and oxygen atoms in total. The molecule has 0 spiro atoms. The first-order chi connectivity index (χ1) is 25.0. The molecular weight excluding hydrogens is 667 g/mol. The van der Waals surface area contributed by atoms with Crippen molar-refractivity contribution in [2.45, 2.75) is 130 Å². The van der Waals surface area contributed by atoms with Gasteiger partial charge in [0.1, 0.15) is 18.2 Å². The van der Waals surface area contributed by atoms with Crippen LogP contribution in [-0.2, 0) is 19.2 Å². The molecule has 3 N–H and O–H groups in total. The molecule has 2 aromatic rings. The zero-order chi connectivity index (χ0) is 39.0. The minimum Gasteiger partial charge on any atom is -0.386 e. The highest BCUT2D eigenvalue weighted by atomic mass is 16.3. The molecule has 4 rings (SSSR count). The number of rotatable bonds is 13. The predicted octanol–water partition coefficient (Wildman–Crippen LogP) is 5.79. The molecule has 2 fully saturated rings.